The Balaban J connectivity index is 2.20. The van der Waals surface area contributed by atoms with E-state index in [0.717, 1.165) is 0 Å². The predicted octanol–water partition coefficient (Wildman–Crippen LogP) is 2.34. The van der Waals surface area contributed by atoms with Gasteiger partial charge in [-0.2, -0.15) is 5.26 Å². The minimum atomic E-state index is -0.430. The normalized spacial score (nSPS) is 9.56. The lowest BCUT2D eigenvalue weighted by Crippen LogP contribution is -2.12. The fourth-order valence-electron chi connectivity index (χ4n) is 1.40. The molecule has 0 atom stereocenters. The molecule has 0 radical (unpaired) electrons. The third-order valence-corrected chi connectivity index (χ3v) is 2.22. The van der Waals surface area contributed by atoms with E-state index in [9.17, 15) is 9.18 Å². The summed E-state index contributed by atoms with van der Waals surface area (Å²) in [6.07, 6.45) is 1.37. The van der Waals surface area contributed by atoms with Crippen molar-refractivity contribution in [2.24, 2.45) is 0 Å². The molecule has 2 aromatic rings. The second-order valence-electron chi connectivity index (χ2n) is 3.51. The Morgan fingerprint density at radius 1 is 1.33 bits per heavy atom. The molecule has 18 heavy (non-hydrogen) atoms. The van der Waals surface area contributed by atoms with Gasteiger partial charge in [0.15, 0.2) is 0 Å². The molecule has 1 aromatic heterocycles. The molecule has 1 N–H and O–H groups in total. The Kier molecular flexibility index (Phi) is 3.30. The van der Waals surface area contributed by atoms with Crippen molar-refractivity contribution in [3.63, 3.8) is 0 Å². The van der Waals surface area contributed by atoms with Crippen LogP contribution in [0.2, 0.25) is 0 Å². The van der Waals surface area contributed by atoms with E-state index >= 15 is 0 Å². The van der Waals surface area contributed by atoms with Crippen LogP contribution in [0.3, 0.4) is 0 Å². The monoisotopic (exact) mass is 241 g/mol. The summed E-state index contributed by atoms with van der Waals surface area (Å²) in [5, 5.41) is 11.2. The van der Waals surface area contributed by atoms with Gasteiger partial charge < -0.3 is 5.32 Å². The van der Waals surface area contributed by atoms with E-state index in [4.69, 9.17) is 5.26 Å². The molecule has 0 aliphatic carbocycles. The first-order chi connectivity index (χ1) is 8.69. The summed E-state index contributed by atoms with van der Waals surface area (Å²) in [6, 6.07) is 10.3. The average Bonchev–Trinajstić information content (AvgIpc) is 2.39. The first-order valence-electron chi connectivity index (χ1n) is 5.12. The Bertz CT molecular complexity index is 634. The molecule has 0 unspecified atom stereocenters. The summed E-state index contributed by atoms with van der Waals surface area (Å²) < 4.78 is 12.9. The van der Waals surface area contributed by atoms with Crippen molar-refractivity contribution in [3.05, 3.63) is 59.7 Å². The maximum absolute atomic E-state index is 12.9. The molecule has 1 amide bonds. The summed E-state index contributed by atoms with van der Waals surface area (Å²) in [5.74, 6) is -0.847. The van der Waals surface area contributed by atoms with Crippen LogP contribution in [0.5, 0.6) is 0 Å². The van der Waals surface area contributed by atoms with Gasteiger partial charge in [-0.25, -0.2) is 9.37 Å². The molecule has 1 heterocycles. The van der Waals surface area contributed by atoms with Crippen LogP contribution in [0.1, 0.15) is 16.1 Å². The molecule has 0 spiro atoms. The second-order valence-corrected chi connectivity index (χ2v) is 3.51. The maximum atomic E-state index is 12.9. The predicted molar refractivity (Wildman–Crippen MR) is 63.3 cm³/mol. The van der Waals surface area contributed by atoms with Gasteiger partial charge in [-0.15, -0.1) is 0 Å². The molecule has 0 saturated heterocycles. The van der Waals surface area contributed by atoms with E-state index in [1.165, 1.54) is 36.5 Å². The zero-order valence-electron chi connectivity index (χ0n) is 9.22. The Hall–Kier alpha value is -2.74. The minimum absolute atomic E-state index is 0.155. The number of carbonyl (C=O) groups is 1. The van der Waals surface area contributed by atoms with E-state index in [1.807, 2.05) is 6.07 Å². The van der Waals surface area contributed by atoms with E-state index in [2.05, 4.69) is 10.3 Å². The molecule has 88 valence electrons. The number of anilines is 1. The van der Waals surface area contributed by atoms with Crippen molar-refractivity contribution in [1.82, 2.24) is 4.98 Å². The number of benzene rings is 1. The number of carbonyl (C=O) groups excluding carboxylic acids is 1. The van der Waals surface area contributed by atoms with Gasteiger partial charge in [-0.3, -0.25) is 4.79 Å². The minimum Gasteiger partial charge on any atom is -0.322 e. The highest BCUT2D eigenvalue weighted by Crippen LogP contribution is 2.11. The maximum Gasteiger partial charge on any atom is 0.255 e. The van der Waals surface area contributed by atoms with Gasteiger partial charge in [0.2, 0.25) is 0 Å². The first-order valence-corrected chi connectivity index (χ1v) is 5.12. The average molecular weight is 241 g/mol. The number of nitriles is 1. The lowest BCUT2D eigenvalue weighted by atomic mass is 10.2. The van der Waals surface area contributed by atoms with Crippen LogP contribution in [-0.4, -0.2) is 10.9 Å². The van der Waals surface area contributed by atoms with Crippen molar-refractivity contribution < 1.29 is 9.18 Å². The molecule has 0 fully saturated rings. The molecule has 5 heteroatoms. The zero-order chi connectivity index (χ0) is 13.0. The summed E-state index contributed by atoms with van der Waals surface area (Å²) in [6.45, 7) is 0. The number of nitrogens with one attached hydrogen (secondary N) is 1. The number of rotatable bonds is 2. The van der Waals surface area contributed by atoms with Crippen molar-refractivity contribution in [2.45, 2.75) is 0 Å². The fourth-order valence-corrected chi connectivity index (χ4v) is 1.40. The molecular formula is C13H8FN3O. The molecule has 0 bridgehead atoms. The molecule has 0 saturated carbocycles. The summed E-state index contributed by atoms with van der Waals surface area (Å²) in [5.41, 5.74) is 0.808. The van der Waals surface area contributed by atoms with Gasteiger partial charge in [0.1, 0.15) is 17.6 Å². The summed E-state index contributed by atoms with van der Waals surface area (Å²) in [4.78, 5) is 15.6. The lowest BCUT2D eigenvalue weighted by Gasteiger charge is -2.05. The first kappa shape index (κ1) is 11.7. The molecule has 0 aliphatic rings. The van der Waals surface area contributed by atoms with Gasteiger partial charge in [0.25, 0.3) is 5.91 Å². The van der Waals surface area contributed by atoms with Crippen LogP contribution >= 0.6 is 0 Å². The smallest absolute Gasteiger partial charge is 0.255 e. The van der Waals surface area contributed by atoms with Crippen molar-refractivity contribution in [3.8, 4) is 6.07 Å². The molecule has 0 aliphatic heterocycles. The number of pyridine rings is 1. The van der Waals surface area contributed by atoms with Crippen LogP contribution in [0.25, 0.3) is 0 Å². The van der Waals surface area contributed by atoms with Gasteiger partial charge in [-0.1, -0.05) is 6.07 Å². The Labute approximate surface area is 103 Å². The second kappa shape index (κ2) is 5.06. The Morgan fingerprint density at radius 3 is 2.89 bits per heavy atom. The molecule has 4 nitrogen and oxygen atoms in total. The largest absolute Gasteiger partial charge is 0.322 e. The zero-order valence-corrected chi connectivity index (χ0v) is 9.22. The number of halogens is 1. The number of nitrogens with zero attached hydrogens (tertiary/aromatic N) is 2. The fraction of sp³-hybridized carbons (Fsp3) is 0. The van der Waals surface area contributed by atoms with Crippen molar-refractivity contribution >= 4 is 11.6 Å². The van der Waals surface area contributed by atoms with E-state index < -0.39 is 11.7 Å². The van der Waals surface area contributed by atoms with Gasteiger partial charge >= 0.3 is 0 Å². The third kappa shape index (κ3) is 2.68. The summed E-state index contributed by atoms with van der Waals surface area (Å²) >= 11 is 0. The topological polar surface area (TPSA) is 65.8 Å². The number of aromatic nitrogens is 1. The van der Waals surface area contributed by atoms with E-state index in [0.29, 0.717) is 11.3 Å². The SMILES string of the molecule is N#Cc1cc(C(=O)Nc2cccc(F)c2)ccn1. The van der Waals surface area contributed by atoms with Gasteiger partial charge in [0.05, 0.1) is 0 Å². The highest BCUT2D eigenvalue weighted by atomic mass is 19.1. The van der Waals surface area contributed by atoms with Crippen LogP contribution in [0.15, 0.2) is 42.6 Å². The number of amides is 1. The third-order valence-electron chi connectivity index (χ3n) is 2.22. The van der Waals surface area contributed by atoms with Crippen LogP contribution < -0.4 is 5.32 Å². The van der Waals surface area contributed by atoms with Gasteiger partial charge in [-0.05, 0) is 30.3 Å². The van der Waals surface area contributed by atoms with E-state index in [-0.39, 0.29) is 5.69 Å². The molecular weight excluding hydrogens is 233 g/mol. The number of hydrogen-bond donors (Lipinski definition) is 1. The molecule has 2 rings (SSSR count). The van der Waals surface area contributed by atoms with Crippen LogP contribution in [0, 0.1) is 17.1 Å². The van der Waals surface area contributed by atoms with Crippen LogP contribution in [-0.2, 0) is 0 Å². The lowest BCUT2D eigenvalue weighted by molar-refractivity contribution is 0.102. The quantitative estimate of drug-likeness (QED) is 0.877. The van der Waals surface area contributed by atoms with Crippen molar-refractivity contribution in [2.75, 3.05) is 5.32 Å². The summed E-state index contributed by atoms with van der Waals surface area (Å²) in [7, 11) is 0. The van der Waals surface area contributed by atoms with E-state index in [1.54, 1.807) is 6.07 Å². The standard InChI is InChI=1S/C13H8FN3O/c14-10-2-1-3-11(7-10)17-13(18)9-4-5-16-12(6-9)8-15/h1-7H,(H,17,18). The number of hydrogen-bond acceptors (Lipinski definition) is 3. The van der Waals surface area contributed by atoms with Gasteiger partial charge in [0, 0.05) is 17.4 Å². The van der Waals surface area contributed by atoms with Crippen molar-refractivity contribution in [1.29, 1.82) is 5.26 Å². The van der Waals surface area contributed by atoms with Crippen LogP contribution in [0.4, 0.5) is 10.1 Å². The highest BCUT2D eigenvalue weighted by Gasteiger charge is 2.07. The highest BCUT2D eigenvalue weighted by molar-refractivity contribution is 6.04. The Morgan fingerprint density at radius 2 is 2.17 bits per heavy atom. The molecule has 1 aromatic carbocycles.